The highest BCUT2D eigenvalue weighted by Gasteiger charge is 2.28. The number of aromatic nitrogens is 2. The van der Waals surface area contributed by atoms with Crippen LogP contribution in [0.25, 0.3) is 11.0 Å². The first-order chi connectivity index (χ1) is 15.2. The fourth-order valence-corrected chi connectivity index (χ4v) is 4.20. The van der Waals surface area contributed by atoms with Gasteiger partial charge in [0, 0.05) is 16.8 Å². The number of H-pyrrole nitrogens is 1. The van der Waals surface area contributed by atoms with Crippen LogP contribution in [0.3, 0.4) is 0 Å². The fourth-order valence-electron chi connectivity index (χ4n) is 4.20. The van der Waals surface area contributed by atoms with Crippen LogP contribution in [0, 0.1) is 0 Å². The SMILES string of the molecule is C[C@@H]1Cc2cc3c(cc2C(c2ccc(N)cc2)=NN1c1nc2ccccc2[nH]1)OCO3. The Bertz CT molecular complexity index is 1290. The van der Waals surface area contributed by atoms with Crippen molar-refractivity contribution in [2.45, 2.75) is 19.4 Å². The number of nitrogens with one attached hydrogen (secondary N) is 1. The maximum absolute atomic E-state index is 5.94. The van der Waals surface area contributed by atoms with Gasteiger partial charge in [0.25, 0.3) is 0 Å². The zero-order valence-corrected chi connectivity index (χ0v) is 17.0. The lowest BCUT2D eigenvalue weighted by atomic mass is 9.94. The minimum atomic E-state index is 0.0750. The monoisotopic (exact) mass is 411 g/mol. The number of anilines is 2. The smallest absolute Gasteiger partial charge is 0.231 e. The van der Waals surface area contributed by atoms with Crippen LogP contribution in [0.1, 0.15) is 23.6 Å². The van der Waals surface area contributed by atoms with Gasteiger partial charge < -0.3 is 20.2 Å². The van der Waals surface area contributed by atoms with Gasteiger partial charge in [0.1, 0.15) is 0 Å². The van der Waals surface area contributed by atoms with Crippen molar-refractivity contribution in [3.05, 3.63) is 77.4 Å². The van der Waals surface area contributed by atoms with E-state index in [1.165, 1.54) is 0 Å². The highest BCUT2D eigenvalue weighted by atomic mass is 16.7. The Hall–Kier alpha value is -4.00. The quantitative estimate of drug-likeness (QED) is 0.485. The van der Waals surface area contributed by atoms with Crippen LogP contribution in [0.15, 0.2) is 65.8 Å². The number of imidazole rings is 1. The van der Waals surface area contributed by atoms with Gasteiger partial charge in [0.2, 0.25) is 12.7 Å². The Balaban J connectivity index is 1.55. The number of nitrogens with zero attached hydrogens (tertiary/aromatic N) is 3. The molecule has 2 aliphatic heterocycles. The molecule has 1 atom stereocenters. The summed E-state index contributed by atoms with van der Waals surface area (Å²) in [6.45, 7) is 2.39. The lowest BCUT2D eigenvalue weighted by Crippen LogP contribution is -2.30. The Kier molecular flexibility index (Phi) is 3.89. The van der Waals surface area contributed by atoms with Gasteiger partial charge in [0.05, 0.1) is 22.8 Å². The lowest BCUT2D eigenvalue weighted by molar-refractivity contribution is 0.174. The predicted molar refractivity (Wildman–Crippen MR) is 121 cm³/mol. The molecule has 0 radical (unpaired) electrons. The van der Waals surface area contributed by atoms with Crippen molar-refractivity contribution in [1.29, 1.82) is 0 Å². The van der Waals surface area contributed by atoms with E-state index in [1.807, 2.05) is 59.6 Å². The molecule has 7 heteroatoms. The number of fused-ring (bicyclic) bond motifs is 3. The van der Waals surface area contributed by atoms with Gasteiger partial charge in [-0.05, 0) is 55.3 Å². The largest absolute Gasteiger partial charge is 0.454 e. The summed E-state index contributed by atoms with van der Waals surface area (Å²) in [4.78, 5) is 8.20. The standard InChI is InChI=1S/C24H21N5O2/c1-14-10-16-11-21-22(31-13-30-21)12-18(16)23(15-6-8-17(25)9-7-15)28-29(14)24-26-19-4-2-3-5-20(19)27-24/h2-9,11-12,14H,10,13,25H2,1H3,(H,26,27)/t14-/m1/s1. The molecule has 0 saturated carbocycles. The van der Waals surface area contributed by atoms with Crippen LogP contribution in [-0.4, -0.2) is 28.5 Å². The van der Waals surface area contributed by atoms with Crippen molar-refractivity contribution >= 4 is 28.4 Å². The van der Waals surface area contributed by atoms with Crippen molar-refractivity contribution in [3.8, 4) is 11.5 Å². The second kappa shape index (κ2) is 6.77. The number of aromatic amines is 1. The zero-order valence-electron chi connectivity index (χ0n) is 17.0. The third-order valence-electron chi connectivity index (χ3n) is 5.77. The molecule has 0 fully saturated rings. The Labute approximate surface area is 179 Å². The predicted octanol–water partition coefficient (Wildman–Crippen LogP) is 4.08. The molecule has 0 aliphatic carbocycles. The van der Waals surface area contributed by atoms with E-state index in [9.17, 15) is 0 Å². The van der Waals surface area contributed by atoms with Gasteiger partial charge in [-0.2, -0.15) is 5.10 Å². The van der Waals surface area contributed by atoms with Gasteiger partial charge in [-0.1, -0.05) is 24.3 Å². The average molecular weight is 411 g/mol. The number of rotatable bonds is 2. The summed E-state index contributed by atoms with van der Waals surface area (Å²) in [5.74, 6) is 2.24. The first-order valence-corrected chi connectivity index (χ1v) is 10.3. The fraction of sp³-hybridized carbons (Fsp3) is 0.167. The molecule has 0 spiro atoms. The number of nitrogen functional groups attached to an aromatic ring is 1. The summed E-state index contributed by atoms with van der Waals surface area (Å²) in [5, 5.41) is 7.08. The maximum Gasteiger partial charge on any atom is 0.231 e. The molecular weight excluding hydrogens is 390 g/mol. The second-order valence-electron chi connectivity index (χ2n) is 7.91. The Morgan fingerprint density at radius 3 is 2.61 bits per heavy atom. The molecule has 3 N–H and O–H groups in total. The minimum Gasteiger partial charge on any atom is -0.454 e. The van der Waals surface area contributed by atoms with Crippen LogP contribution in [0.2, 0.25) is 0 Å². The zero-order chi connectivity index (χ0) is 20.9. The molecule has 2 aliphatic rings. The van der Waals surface area contributed by atoms with Crippen LogP contribution >= 0.6 is 0 Å². The highest BCUT2D eigenvalue weighted by Crippen LogP contribution is 2.38. The van der Waals surface area contributed by atoms with E-state index in [-0.39, 0.29) is 12.8 Å². The third kappa shape index (κ3) is 2.97. The highest BCUT2D eigenvalue weighted by molar-refractivity contribution is 6.14. The number of para-hydroxylation sites is 2. The summed E-state index contributed by atoms with van der Waals surface area (Å²) < 4.78 is 11.3. The summed E-state index contributed by atoms with van der Waals surface area (Å²) in [6.07, 6.45) is 0.783. The van der Waals surface area contributed by atoms with Crippen molar-refractivity contribution in [1.82, 2.24) is 9.97 Å². The van der Waals surface area contributed by atoms with E-state index in [0.717, 1.165) is 57.3 Å². The molecule has 0 unspecified atom stereocenters. The van der Waals surface area contributed by atoms with Crippen molar-refractivity contribution in [2.75, 3.05) is 17.5 Å². The molecule has 0 bridgehead atoms. The number of ether oxygens (including phenoxy) is 2. The van der Waals surface area contributed by atoms with Crippen molar-refractivity contribution in [2.24, 2.45) is 5.10 Å². The van der Waals surface area contributed by atoms with Crippen LogP contribution < -0.4 is 20.2 Å². The molecule has 154 valence electrons. The normalized spacial score (nSPS) is 17.4. The van der Waals surface area contributed by atoms with Crippen LogP contribution in [-0.2, 0) is 6.42 Å². The minimum absolute atomic E-state index is 0.0750. The van der Waals surface area contributed by atoms with E-state index in [4.69, 9.17) is 25.3 Å². The number of hydrazone groups is 1. The first-order valence-electron chi connectivity index (χ1n) is 10.3. The number of hydrogen-bond acceptors (Lipinski definition) is 6. The topological polar surface area (TPSA) is 88.8 Å². The Morgan fingerprint density at radius 2 is 1.81 bits per heavy atom. The number of benzene rings is 3. The summed E-state index contributed by atoms with van der Waals surface area (Å²) in [5.41, 5.74) is 12.6. The van der Waals surface area contributed by atoms with Gasteiger partial charge in [-0.3, -0.25) is 0 Å². The van der Waals surface area contributed by atoms with Gasteiger partial charge in [-0.15, -0.1) is 0 Å². The van der Waals surface area contributed by atoms with E-state index in [0.29, 0.717) is 5.69 Å². The Morgan fingerprint density at radius 1 is 1.03 bits per heavy atom. The number of hydrogen-bond donors (Lipinski definition) is 2. The summed E-state index contributed by atoms with van der Waals surface area (Å²) >= 11 is 0. The van der Waals surface area contributed by atoms with E-state index < -0.39 is 0 Å². The molecule has 0 amide bonds. The molecule has 31 heavy (non-hydrogen) atoms. The molecule has 1 aromatic heterocycles. The van der Waals surface area contributed by atoms with Crippen LogP contribution in [0.4, 0.5) is 11.6 Å². The van der Waals surface area contributed by atoms with Gasteiger partial charge in [0.15, 0.2) is 11.5 Å². The molecule has 3 aromatic carbocycles. The summed E-state index contributed by atoms with van der Waals surface area (Å²) in [7, 11) is 0. The molecule has 4 aromatic rings. The number of nitrogens with two attached hydrogens (primary N) is 1. The lowest BCUT2D eigenvalue weighted by Gasteiger charge is -2.22. The van der Waals surface area contributed by atoms with Gasteiger partial charge in [-0.25, -0.2) is 9.99 Å². The summed E-state index contributed by atoms with van der Waals surface area (Å²) in [6, 6.07) is 20.0. The molecular formula is C24H21N5O2. The maximum atomic E-state index is 5.94. The van der Waals surface area contributed by atoms with Crippen molar-refractivity contribution < 1.29 is 9.47 Å². The third-order valence-corrected chi connectivity index (χ3v) is 5.77. The molecule has 7 nitrogen and oxygen atoms in total. The average Bonchev–Trinajstić information content (AvgIpc) is 3.38. The van der Waals surface area contributed by atoms with E-state index in [1.54, 1.807) is 0 Å². The van der Waals surface area contributed by atoms with Crippen LogP contribution in [0.5, 0.6) is 11.5 Å². The van der Waals surface area contributed by atoms with Gasteiger partial charge >= 0.3 is 0 Å². The van der Waals surface area contributed by atoms with E-state index >= 15 is 0 Å². The second-order valence-corrected chi connectivity index (χ2v) is 7.91. The molecule has 6 rings (SSSR count). The first kappa shape index (κ1) is 17.8. The molecule has 3 heterocycles. The van der Waals surface area contributed by atoms with Crippen molar-refractivity contribution in [3.63, 3.8) is 0 Å². The van der Waals surface area contributed by atoms with E-state index in [2.05, 4.69) is 18.0 Å². The molecule has 0 saturated heterocycles.